The fourth-order valence-corrected chi connectivity index (χ4v) is 1.13. The van der Waals surface area contributed by atoms with Gasteiger partial charge in [0.25, 0.3) is 0 Å². The summed E-state index contributed by atoms with van der Waals surface area (Å²) >= 11 is 3.34. The summed E-state index contributed by atoms with van der Waals surface area (Å²) in [5.74, 6) is 0. The van der Waals surface area contributed by atoms with Gasteiger partial charge in [0.05, 0.1) is 0 Å². The second-order valence-corrected chi connectivity index (χ2v) is 3.81. The molecular weight excluding hydrogens is 190 g/mol. The topological polar surface area (TPSA) is 3.24 Å². The predicted molar refractivity (Wildman–Crippen MR) is 50.5 cm³/mol. The predicted octanol–water partition coefficient (Wildman–Crippen LogP) is 2.63. The monoisotopic (exact) mass is 205 g/mol. The second-order valence-electron chi connectivity index (χ2n) is 2.69. The Bertz CT molecular complexity index is 112. The minimum atomic E-state index is 0.647. The van der Waals surface area contributed by atoms with Crippen molar-refractivity contribution in [3.63, 3.8) is 0 Å². The Labute approximate surface area is 72.2 Å². The molecule has 1 nitrogen and oxygen atoms in total. The van der Waals surface area contributed by atoms with Crippen molar-refractivity contribution in [1.82, 2.24) is 4.90 Å². The standard InChI is InChI=1S/C8H16BrN/c1-5-8(3)10(4)6-7(2)9/h8H,2,5-6H2,1,3-4H3. The quantitative estimate of drug-likeness (QED) is 0.683. The van der Waals surface area contributed by atoms with Gasteiger partial charge < -0.3 is 0 Å². The third kappa shape index (κ3) is 4.07. The van der Waals surface area contributed by atoms with Crippen molar-refractivity contribution >= 4 is 15.9 Å². The van der Waals surface area contributed by atoms with Gasteiger partial charge in [0.15, 0.2) is 0 Å². The van der Waals surface area contributed by atoms with Crippen LogP contribution in [0.3, 0.4) is 0 Å². The van der Waals surface area contributed by atoms with Gasteiger partial charge in [-0.25, -0.2) is 0 Å². The first-order valence-corrected chi connectivity index (χ1v) is 4.40. The summed E-state index contributed by atoms with van der Waals surface area (Å²) in [5.41, 5.74) is 0. The molecule has 10 heavy (non-hydrogen) atoms. The van der Waals surface area contributed by atoms with Crippen LogP contribution in [0.4, 0.5) is 0 Å². The number of rotatable bonds is 4. The summed E-state index contributed by atoms with van der Waals surface area (Å²) in [6.45, 7) is 9.14. The van der Waals surface area contributed by atoms with Crippen LogP contribution >= 0.6 is 15.9 Å². The molecule has 0 aromatic rings. The van der Waals surface area contributed by atoms with Crippen LogP contribution in [0, 0.1) is 0 Å². The van der Waals surface area contributed by atoms with Crippen LogP contribution in [-0.2, 0) is 0 Å². The molecule has 0 saturated heterocycles. The van der Waals surface area contributed by atoms with E-state index in [1.165, 1.54) is 6.42 Å². The van der Waals surface area contributed by atoms with Gasteiger partial charge in [0, 0.05) is 17.1 Å². The summed E-state index contributed by atoms with van der Waals surface area (Å²) in [5, 5.41) is 0. The average molecular weight is 206 g/mol. The summed E-state index contributed by atoms with van der Waals surface area (Å²) in [6, 6.07) is 0.647. The molecule has 0 aliphatic carbocycles. The fraction of sp³-hybridized carbons (Fsp3) is 0.750. The van der Waals surface area contributed by atoms with E-state index in [1.54, 1.807) is 0 Å². The summed E-state index contributed by atoms with van der Waals surface area (Å²) < 4.78 is 1.05. The third-order valence-corrected chi connectivity index (χ3v) is 2.02. The number of nitrogens with zero attached hydrogens (tertiary/aromatic N) is 1. The molecule has 60 valence electrons. The van der Waals surface area contributed by atoms with E-state index >= 15 is 0 Å². The Morgan fingerprint density at radius 2 is 2.20 bits per heavy atom. The first-order valence-electron chi connectivity index (χ1n) is 3.61. The molecule has 0 aromatic carbocycles. The fourth-order valence-electron chi connectivity index (χ4n) is 0.738. The maximum atomic E-state index is 3.79. The van der Waals surface area contributed by atoms with Crippen LogP contribution in [0.15, 0.2) is 11.1 Å². The minimum Gasteiger partial charge on any atom is -0.299 e. The molecule has 2 heteroatoms. The SMILES string of the molecule is C=C(Br)CN(C)C(C)CC. The third-order valence-electron chi connectivity index (χ3n) is 1.76. The Morgan fingerprint density at radius 3 is 2.50 bits per heavy atom. The highest BCUT2D eigenvalue weighted by molar-refractivity contribution is 9.11. The highest BCUT2D eigenvalue weighted by atomic mass is 79.9. The van der Waals surface area contributed by atoms with Crippen LogP contribution in [0.2, 0.25) is 0 Å². The van der Waals surface area contributed by atoms with Gasteiger partial charge >= 0.3 is 0 Å². The number of hydrogen-bond donors (Lipinski definition) is 0. The van der Waals surface area contributed by atoms with Crippen molar-refractivity contribution in [3.05, 3.63) is 11.1 Å². The lowest BCUT2D eigenvalue weighted by molar-refractivity contribution is 0.277. The zero-order chi connectivity index (χ0) is 8.15. The number of halogens is 1. The molecule has 0 aromatic heterocycles. The van der Waals surface area contributed by atoms with E-state index in [4.69, 9.17) is 0 Å². The van der Waals surface area contributed by atoms with E-state index in [9.17, 15) is 0 Å². The van der Waals surface area contributed by atoms with Gasteiger partial charge in [0.2, 0.25) is 0 Å². The van der Waals surface area contributed by atoms with Crippen molar-refractivity contribution in [2.45, 2.75) is 26.3 Å². The van der Waals surface area contributed by atoms with E-state index in [0.717, 1.165) is 11.0 Å². The highest BCUT2D eigenvalue weighted by Gasteiger charge is 2.05. The maximum absolute atomic E-state index is 3.79. The second kappa shape index (κ2) is 4.91. The molecule has 0 N–H and O–H groups in total. The first-order chi connectivity index (χ1) is 4.57. The van der Waals surface area contributed by atoms with Crippen molar-refractivity contribution in [2.24, 2.45) is 0 Å². The minimum absolute atomic E-state index is 0.647. The normalized spacial score (nSPS) is 13.7. The Kier molecular flexibility index (Phi) is 5.00. The van der Waals surface area contributed by atoms with Crippen molar-refractivity contribution in [1.29, 1.82) is 0 Å². The van der Waals surface area contributed by atoms with E-state index in [2.05, 4.69) is 48.3 Å². The lowest BCUT2D eigenvalue weighted by Gasteiger charge is -2.22. The Morgan fingerprint density at radius 1 is 1.70 bits per heavy atom. The Hall–Kier alpha value is 0.180. The highest BCUT2D eigenvalue weighted by Crippen LogP contribution is 2.07. The zero-order valence-corrected chi connectivity index (χ0v) is 8.61. The lowest BCUT2D eigenvalue weighted by Crippen LogP contribution is -2.29. The molecule has 0 fully saturated rings. The summed E-state index contributed by atoms with van der Waals surface area (Å²) in [6.07, 6.45) is 1.19. The van der Waals surface area contributed by atoms with Crippen LogP contribution in [0.25, 0.3) is 0 Å². The molecule has 0 bridgehead atoms. The van der Waals surface area contributed by atoms with Crippen LogP contribution in [0.1, 0.15) is 20.3 Å². The van der Waals surface area contributed by atoms with Gasteiger partial charge in [-0.05, 0) is 20.4 Å². The van der Waals surface area contributed by atoms with E-state index in [-0.39, 0.29) is 0 Å². The molecule has 1 atom stereocenters. The molecule has 1 unspecified atom stereocenters. The maximum Gasteiger partial charge on any atom is 0.0293 e. The summed E-state index contributed by atoms with van der Waals surface area (Å²) in [7, 11) is 2.11. The van der Waals surface area contributed by atoms with E-state index in [0.29, 0.717) is 6.04 Å². The van der Waals surface area contributed by atoms with Crippen molar-refractivity contribution < 1.29 is 0 Å². The van der Waals surface area contributed by atoms with Gasteiger partial charge in [-0.1, -0.05) is 29.4 Å². The van der Waals surface area contributed by atoms with Crippen molar-refractivity contribution in [3.8, 4) is 0 Å². The van der Waals surface area contributed by atoms with E-state index in [1.807, 2.05) is 0 Å². The largest absolute Gasteiger partial charge is 0.299 e. The first kappa shape index (κ1) is 10.2. The average Bonchev–Trinajstić information content (AvgIpc) is 1.85. The van der Waals surface area contributed by atoms with Crippen molar-refractivity contribution in [2.75, 3.05) is 13.6 Å². The zero-order valence-electron chi connectivity index (χ0n) is 7.02. The molecule has 0 rings (SSSR count). The Balaban J connectivity index is 3.61. The van der Waals surface area contributed by atoms with Gasteiger partial charge in [0.1, 0.15) is 0 Å². The van der Waals surface area contributed by atoms with Gasteiger partial charge in [-0.15, -0.1) is 0 Å². The number of hydrogen-bond acceptors (Lipinski definition) is 1. The molecule has 0 spiro atoms. The van der Waals surface area contributed by atoms with Crippen LogP contribution in [0.5, 0.6) is 0 Å². The molecule has 0 saturated carbocycles. The number of likely N-dealkylation sites (N-methyl/N-ethyl adjacent to an activating group) is 1. The molecule has 0 aliphatic rings. The molecule has 0 heterocycles. The van der Waals surface area contributed by atoms with E-state index < -0.39 is 0 Å². The molecular formula is C8H16BrN. The van der Waals surface area contributed by atoms with Gasteiger partial charge in [-0.3, -0.25) is 4.90 Å². The summed E-state index contributed by atoms with van der Waals surface area (Å²) in [4.78, 5) is 2.27. The molecule has 0 radical (unpaired) electrons. The van der Waals surface area contributed by atoms with Gasteiger partial charge in [-0.2, -0.15) is 0 Å². The molecule has 0 aliphatic heterocycles. The smallest absolute Gasteiger partial charge is 0.0293 e. The lowest BCUT2D eigenvalue weighted by atomic mass is 10.2. The van der Waals surface area contributed by atoms with Crippen LogP contribution in [-0.4, -0.2) is 24.5 Å². The van der Waals surface area contributed by atoms with Crippen LogP contribution < -0.4 is 0 Å². The molecule has 0 amide bonds.